The van der Waals surface area contributed by atoms with Crippen molar-refractivity contribution in [1.82, 2.24) is 5.32 Å². The van der Waals surface area contributed by atoms with Crippen molar-refractivity contribution in [3.63, 3.8) is 0 Å². The Bertz CT molecular complexity index is 949. The lowest BCUT2D eigenvalue weighted by molar-refractivity contribution is -0.146. The van der Waals surface area contributed by atoms with Gasteiger partial charge in [-0.2, -0.15) is 0 Å². The van der Waals surface area contributed by atoms with Gasteiger partial charge >= 0.3 is 11.9 Å². The fraction of sp³-hybridized carbons (Fsp3) is 0.333. The van der Waals surface area contributed by atoms with Gasteiger partial charge in [0.2, 0.25) is 0 Å². The number of anilines is 1. The van der Waals surface area contributed by atoms with Crippen molar-refractivity contribution in [3.8, 4) is 0 Å². The van der Waals surface area contributed by atoms with Crippen molar-refractivity contribution in [2.24, 2.45) is 0 Å². The quantitative estimate of drug-likeness (QED) is 0.434. The molecule has 0 unspecified atom stereocenters. The van der Waals surface area contributed by atoms with E-state index >= 15 is 0 Å². The van der Waals surface area contributed by atoms with Crippen LogP contribution >= 0.6 is 0 Å². The SMILES string of the molecule is CCCCOC(=O)c1ccc(NC(=O)COC(=O)CNC(=O)c2cc(C)cc(C)c2)cc1. The molecule has 0 aliphatic carbocycles. The minimum atomic E-state index is -0.733. The topological polar surface area (TPSA) is 111 Å². The molecule has 32 heavy (non-hydrogen) atoms. The lowest BCUT2D eigenvalue weighted by atomic mass is 10.1. The first kappa shape index (κ1) is 24.6. The van der Waals surface area contributed by atoms with Gasteiger partial charge in [0.1, 0.15) is 6.54 Å². The zero-order chi connectivity index (χ0) is 23.5. The van der Waals surface area contributed by atoms with Gasteiger partial charge in [-0.3, -0.25) is 14.4 Å². The number of benzene rings is 2. The molecule has 8 heteroatoms. The predicted octanol–water partition coefficient (Wildman–Crippen LogP) is 3.17. The van der Waals surface area contributed by atoms with Crippen molar-refractivity contribution >= 4 is 29.4 Å². The van der Waals surface area contributed by atoms with Gasteiger partial charge in [-0.25, -0.2) is 4.79 Å². The maximum absolute atomic E-state index is 12.2. The summed E-state index contributed by atoms with van der Waals surface area (Å²) in [7, 11) is 0. The standard InChI is InChI=1S/C24H28N2O6/c1-4-5-10-31-24(30)18-6-8-20(9-7-18)26-21(27)15-32-22(28)14-25-23(29)19-12-16(2)11-17(3)13-19/h6-9,11-13H,4-5,10,14-15H2,1-3H3,(H,25,29)(H,26,27). The van der Waals surface area contributed by atoms with E-state index in [1.54, 1.807) is 36.4 Å². The van der Waals surface area contributed by atoms with Crippen molar-refractivity contribution < 1.29 is 28.7 Å². The molecule has 2 amide bonds. The molecule has 0 aliphatic heterocycles. The summed E-state index contributed by atoms with van der Waals surface area (Å²) in [5, 5.41) is 5.04. The molecule has 2 aromatic rings. The number of hydrogen-bond donors (Lipinski definition) is 2. The molecule has 2 aromatic carbocycles. The number of rotatable bonds is 10. The van der Waals surface area contributed by atoms with Crippen LogP contribution in [0.4, 0.5) is 5.69 Å². The van der Waals surface area contributed by atoms with E-state index in [4.69, 9.17) is 9.47 Å². The van der Waals surface area contributed by atoms with E-state index in [1.807, 2.05) is 26.8 Å². The molecule has 0 aromatic heterocycles. The van der Waals surface area contributed by atoms with Crippen LogP contribution in [0, 0.1) is 13.8 Å². The Labute approximate surface area is 187 Å². The van der Waals surface area contributed by atoms with Crippen LogP contribution in [0.15, 0.2) is 42.5 Å². The van der Waals surface area contributed by atoms with Crippen LogP contribution in [0.2, 0.25) is 0 Å². The highest BCUT2D eigenvalue weighted by Gasteiger charge is 2.12. The van der Waals surface area contributed by atoms with Gasteiger partial charge < -0.3 is 20.1 Å². The van der Waals surface area contributed by atoms with Crippen LogP contribution in [0.25, 0.3) is 0 Å². The minimum Gasteiger partial charge on any atom is -0.462 e. The highest BCUT2D eigenvalue weighted by molar-refractivity contribution is 5.97. The Hall–Kier alpha value is -3.68. The maximum atomic E-state index is 12.2. The third-order valence-electron chi connectivity index (χ3n) is 4.38. The summed E-state index contributed by atoms with van der Waals surface area (Å²) in [6, 6.07) is 11.6. The summed E-state index contributed by atoms with van der Waals surface area (Å²) in [5.41, 5.74) is 3.15. The van der Waals surface area contributed by atoms with Gasteiger partial charge in [0.05, 0.1) is 12.2 Å². The second-order valence-corrected chi connectivity index (χ2v) is 7.33. The number of unbranched alkanes of at least 4 members (excludes halogenated alkanes) is 1. The smallest absolute Gasteiger partial charge is 0.338 e. The second-order valence-electron chi connectivity index (χ2n) is 7.33. The average Bonchev–Trinajstić information content (AvgIpc) is 2.76. The van der Waals surface area contributed by atoms with Crippen LogP contribution < -0.4 is 10.6 Å². The molecule has 0 saturated heterocycles. The molecule has 170 valence electrons. The van der Waals surface area contributed by atoms with E-state index in [2.05, 4.69) is 10.6 Å². The average molecular weight is 440 g/mol. The van der Waals surface area contributed by atoms with Crippen molar-refractivity contribution in [1.29, 1.82) is 0 Å². The predicted molar refractivity (Wildman–Crippen MR) is 119 cm³/mol. The molecule has 0 radical (unpaired) electrons. The van der Waals surface area contributed by atoms with E-state index in [0.29, 0.717) is 23.4 Å². The Morgan fingerprint density at radius 3 is 2.16 bits per heavy atom. The summed E-state index contributed by atoms with van der Waals surface area (Å²) in [5.74, 6) is -2.10. The first-order chi connectivity index (χ1) is 15.3. The van der Waals surface area contributed by atoms with Crippen molar-refractivity contribution in [2.45, 2.75) is 33.6 Å². The summed E-state index contributed by atoms with van der Waals surface area (Å²) in [6.45, 7) is 5.27. The van der Waals surface area contributed by atoms with Crippen LogP contribution in [-0.2, 0) is 19.1 Å². The maximum Gasteiger partial charge on any atom is 0.338 e. The van der Waals surface area contributed by atoms with Crippen molar-refractivity contribution in [3.05, 3.63) is 64.7 Å². The van der Waals surface area contributed by atoms with Crippen LogP contribution in [0.5, 0.6) is 0 Å². The molecule has 0 saturated carbocycles. The number of ether oxygens (including phenoxy) is 2. The number of nitrogens with one attached hydrogen (secondary N) is 2. The van der Waals surface area contributed by atoms with Gasteiger partial charge in [0.25, 0.3) is 11.8 Å². The normalized spacial score (nSPS) is 10.2. The first-order valence-electron chi connectivity index (χ1n) is 10.4. The zero-order valence-electron chi connectivity index (χ0n) is 18.5. The minimum absolute atomic E-state index is 0.353. The number of esters is 2. The van der Waals surface area contributed by atoms with Crippen LogP contribution in [0.3, 0.4) is 0 Å². The Morgan fingerprint density at radius 1 is 0.875 bits per heavy atom. The largest absolute Gasteiger partial charge is 0.462 e. The van der Waals surface area contributed by atoms with Gasteiger partial charge in [-0.05, 0) is 56.7 Å². The lowest BCUT2D eigenvalue weighted by Crippen LogP contribution is -2.32. The van der Waals surface area contributed by atoms with Gasteiger partial charge in [0, 0.05) is 11.3 Å². The molecule has 0 bridgehead atoms. The molecule has 2 rings (SSSR count). The fourth-order valence-corrected chi connectivity index (χ4v) is 2.84. The van der Waals surface area contributed by atoms with E-state index in [-0.39, 0.29) is 6.54 Å². The summed E-state index contributed by atoms with van der Waals surface area (Å²) < 4.78 is 10.0. The molecule has 0 aliphatic rings. The molecule has 0 atom stereocenters. The van der Waals surface area contributed by atoms with Gasteiger partial charge in [-0.15, -0.1) is 0 Å². The lowest BCUT2D eigenvalue weighted by Gasteiger charge is -2.09. The third-order valence-corrected chi connectivity index (χ3v) is 4.38. The number of carbonyl (C=O) groups is 4. The van der Waals surface area contributed by atoms with Crippen LogP contribution in [-0.4, -0.2) is 43.5 Å². The highest BCUT2D eigenvalue weighted by atomic mass is 16.5. The number of amides is 2. The van der Waals surface area contributed by atoms with Crippen LogP contribution in [0.1, 0.15) is 51.6 Å². The third kappa shape index (κ3) is 8.22. The molecule has 0 fully saturated rings. The number of hydrogen-bond acceptors (Lipinski definition) is 6. The Balaban J connectivity index is 1.73. The first-order valence-corrected chi connectivity index (χ1v) is 10.4. The zero-order valence-corrected chi connectivity index (χ0v) is 18.5. The van der Waals surface area contributed by atoms with E-state index in [1.165, 1.54) is 0 Å². The second kappa shape index (κ2) is 12.2. The number of aryl methyl sites for hydroxylation is 2. The van der Waals surface area contributed by atoms with Gasteiger partial charge in [-0.1, -0.05) is 30.5 Å². The Morgan fingerprint density at radius 2 is 1.53 bits per heavy atom. The van der Waals surface area contributed by atoms with E-state index < -0.39 is 30.4 Å². The molecule has 8 nitrogen and oxygen atoms in total. The summed E-state index contributed by atoms with van der Waals surface area (Å²) in [6.07, 6.45) is 1.73. The monoisotopic (exact) mass is 440 g/mol. The van der Waals surface area contributed by atoms with E-state index in [9.17, 15) is 19.2 Å². The summed E-state index contributed by atoms with van der Waals surface area (Å²) in [4.78, 5) is 47.8. The summed E-state index contributed by atoms with van der Waals surface area (Å²) >= 11 is 0. The molecular formula is C24H28N2O6. The molecule has 0 spiro atoms. The molecular weight excluding hydrogens is 412 g/mol. The van der Waals surface area contributed by atoms with Gasteiger partial charge in [0.15, 0.2) is 6.61 Å². The fourth-order valence-electron chi connectivity index (χ4n) is 2.84. The molecule has 0 heterocycles. The van der Waals surface area contributed by atoms with E-state index in [0.717, 1.165) is 24.0 Å². The Kier molecular flexibility index (Phi) is 9.41. The van der Waals surface area contributed by atoms with Crippen molar-refractivity contribution in [2.75, 3.05) is 25.1 Å². The number of carbonyl (C=O) groups excluding carboxylic acids is 4. The molecule has 2 N–H and O–H groups in total. The highest BCUT2D eigenvalue weighted by Crippen LogP contribution is 2.11.